The van der Waals surface area contributed by atoms with Gasteiger partial charge in [0.2, 0.25) is 15.9 Å². The van der Waals surface area contributed by atoms with Gasteiger partial charge in [-0.1, -0.05) is 0 Å². The van der Waals surface area contributed by atoms with E-state index >= 15 is 0 Å². The van der Waals surface area contributed by atoms with Crippen LogP contribution in [0.3, 0.4) is 0 Å². The van der Waals surface area contributed by atoms with Gasteiger partial charge in [-0.25, -0.2) is 8.42 Å². The molecule has 1 aliphatic rings. The molecular formula is C22H26N4O4S. The number of rotatable bonds is 7. The highest BCUT2D eigenvalue weighted by Gasteiger charge is 2.25. The summed E-state index contributed by atoms with van der Waals surface area (Å²) in [6, 6.07) is 15.5. The molecule has 8 nitrogen and oxygen atoms in total. The molecule has 0 spiro atoms. The van der Waals surface area contributed by atoms with Crippen molar-refractivity contribution in [3.05, 3.63) is 54.1 Å². The molecule has 0 aromatic heterocycles. The van der Waals surface area contributed by atoms with E-state index in [4.69, 9.17) is 10.00 Å². The second-order valence-electron chi connectivity index (χ2n) is 7.42. The SMILES string of the molecule is COc1ccc(N2CCC(NC(=O)CN(C)S(=O)(=O)c3ccc(C#N)cc3)CC2)cc1. The Morgan fingerprint density at radius 2 is 1.77 bits per heavy atom. The summed E-state index contributed by atoms with van der Waals surface area (Å²) in [7, 11) is -0.796. The van der Waals surface area contributed by atoms with Crippen LogP contribution in [-0.4, -0.2) is 58.5 Å². The first-order valence-corrected chi connectivity index (χ1v) is 11.4. The van der Waals surface area contributed by atoms with Gasteiger partial charge < -0.3 is 15.0 Å². The average Bonchev–Trinajstić information content (AvgIpc) is 2.79. The minimum absolute atomic E-state index is 0.00742. The number of methoxy groups -OCH3 is 1. The maximum atomic E-state index is 12.7. The van der Waals surface area contributed by atoms with Crippen molar-refractivity contribution in [1.82, 2.24) is 9.62 Å². The maximum Gasteiger partial charge on any atom is 0.243 e. The number of hydrogen-bond donors (Lipinski definition) is 1. The zero-order valence-corrected chi connectivity index (χ0v) is 18.4. The van der Waals surface area contributed by atoms with Crippen molar-refractivity contribution in [2.45, 2.75) is 23.8 Å². The molecule has 31 heavy (non-hydrogen) atoms. The molecule has 1 aliphatic heterocycles. The summed E-state index contributed by atoms with van der Waals surface area (Å²) in [6.45, 7) is 1.34. The minimum atomic E-state index is -3.81. The molecule has 1 amide bonds. The van der Waals surface area contributed by atoms with Gasteiger partial charge in [0.15, 0.2) is 0 Å². The lowest BCUT2D eigenvalue weighted by Gasteiger charge is -2.34. The molecule has 1 heterocycles. The van der Waals surface area contributed by atoms with E-state index in [2.05, 4.69) is 10.2 Å². The van der Waals surface area contributed by atoms with Crippen molar-refractivity contribution in [3.8, 4) is 11.8 Å². The number of nitrogens with one attached hydrogen (secondary N) is 1. The van der Waals surface area contributed by atoms with Crippen molar-refractivity contribution in [1.29, 1.82) is 5.26 Å². The molecule has 1 saturated heterocycles. The average molecular weight is 443 g/mol. The Hall–Kier alpha value is -3.09. The molecule has 0 bridgehead atoms. The fourth-order valence-electron chi connectivity index (χ4n) is 3.52. The van der Waals surface area contributed by atoms with Crippen LogP contribution < -0.4 is 15.0 Å². The lowest BCUT2D eigenvalue weighted by Crippen LogP contribution is -2.47. The number of ether oxygens (including phenoxy) is 1. The maximum absolute atomic E-state index is 12.7. The third kappa shape index (κ3) is 5.54. The van der Waals surface area contributed by atoms with E-state index in [0.717, 1.165) is 41.7 Å². The van der Waals surface area contributed by atoms with E-state index in [1.807, 2.05) is 30.3 Å². The molecule has 0 atom stereocenters. The van der Waals surface area contributed by atoms with Crippen LogP contribution in [0.5, 0.6) is 5.75 Å². The van der Waals surface area contributed by atoms with Crippen molar-refractivity contribution >= 4 is 21.6 Å². The summed E-state index contributed by atoms with van der Waals surface area (Å²) in [4.78, 5) is 14.7. The highest BCUT2D eigenvalue weighted by molar-refractivity contribution is 7.89. The lowest BCUT2D eigenvalue weighted by molar-refractivity contribution is -0.121. The number of amides is 1. The number of sulfonamides is 1. The first-order valence-electron chi connectivity index (χ1n) is 9.98. The molecular weight excluding hydrogens is 416 g/mol. The number of nitrogens with zero attached hydrogens (tertiary/aromatic N) is 3. The fraction of sp³-hybridized carbons (Fsp3) is 0.364. The number of likely N-dealkylation sites (N-methyl/N-ethyl adjacent to an activating group) is 1. The Labute approximate surface area is 183 Å². The third-order valence-corrected chi connectivity index (χ3v) is 7.17. The fourth-order valence-corrected chi connectivity index (χ4v) is 4.64. The van der Waals surface area contributed by atoms with E-state index in [1.54, 1.807) is 7.11 Å². The number of piperidine rings is 1. The molecule has 0 aliphatic carbocycles. The highest BCUT2D eigenvalue weighted by atomic mass is 32.2. The first kappa shape index (κ1) is 22.6. The summed E-state index contributed by atoms with van der Waals surface area (Å²) in [6.07, 6.45) is 1.56. The van der Waals surface area contributed by atoms with Gasteiger partial charge in [0.05, 0.1) is 30.2 Å². The van der Waals surface area contributed by atoms with Gasteiger partial charge in [0, 0.05) is 31.9 Å². The molecule has 9 heteroatoms. The van der Waals surface area contributed by atoms with E-state index in [-0.39, 0.29) is 23.4 Å². The molecule has 2 aromatic rings. The first-order chi connectivity index (χ1) is 14.8. The Morgan fingerprint density at radius 3 is 2.32 bits per heavy atom. The van der Waals surface area contributed by atoms with Gasteiger partial charge in [-0.15, -0.1) is 0 Å². The zero-order chi connectivity index (χ0) is 22.4. The highest BCUT2D eigenvalue weighted by Crippen LogP contribution is 2.23. The van der Waals surface area contributed by atoms with Crippen LogP contribution in [0, 0.1) is 11.3 Å². The monoisotopic (exact) mass is 442 g/mol. The number of nitriles is 1. The minimum Gasteiger partial charge on any atom is -0.497 e. The van der Waals surface area contributed by atoms with Crippen molar-refractivity contribution in [2.75, 3.05) is 38.7 Å². The Kier molecular flexibility index (Phi) is 7.15. The number of benzene rings is 2. The van der Waals surface area contributed by atoms with Gasteiger partial charge >= 0.3 is 0 Å². The summed E-state index contributed by atoms with van der Waals surface area (Å²) in [5.41, 5.74) is 1.49. The van der Waals surface area contributed by atoms with Gasteiger partial charge in [-0.05, 0) is 61.4 Å². The summed E-state index contributed by atoms with van der Waals surface area (Å²) >= 11 is 0. The number of hydrogen-bond acceptors (Lipinski definition) is 6. The van der Waals surface area contributed by atoms with Gasteiger partial charge in [-0.2, -0.15) is 9.57 Å². The van der Waals surface area contributed by atoms with Crippen LogP contribution in [0.25, 0.3) is 0 Å². The summed E-state index contributed by atoms with van der Waals surface area (Å²) < 4.78 is 31.5. The molecule has 0 unspecified atom stereocenters. The predicted octanol–water partition coefficient (Wildman–Crippen LogP) is 1.97. The van der Waals surface area contributed by atoms with Crippen LogP contribution in [0.1, 0.15) is 18.4 Å². The van der Waals surface area contributed by atoms with Crippen LogP contribution in [0.4, 0.5) is 5.69 Å². The van der Waals surface area contributed by atoms with E-state index in [1.165, 1.54) is 31.3 Å². The Morgan fingerprint density at radius 1 is 1.16 bits per heavy atom. The largest absolute Gasteiger partial charge is 0.497 e. The standard InChI is InChI=1S/C22H26N4O4S/c1-25(31(28,29)21-9-3-17(15-23)4-10-21)16-22(27)24-18-11-13-26(14-12-18)19-5-7-20(30-2)8-6-19/h3-10,18H,11-14,16H2,1-2H3,(H,24,27). The van der Waals surface area contributed by atoms with Gasteiger partial charge in [0.1, 0.15) is 5.75 Å². The molecule has 1 N–H and O–H groups in total. The molecule has 0 radical (unpaired) electrons. The predicted molar refractivity (Wildman–Crippen MR) is 117 cm³/mol. The van der Waals surface area contributed by atoms with Gasteiger partial charge in [0.25, 0.3) is 0 Å². The van der Waals surface area contributed by atoms with Crippen LogP contribution in [-0.2, 0) is 14.8 Å². The quantitative estimate of drug-likeness (QED) is 0.703. The Balaban J connectivity index is 1.50. The van der Waals surface area contributed by atoms with Crippen molar-refractivity contribution < 1.29 is 17.9 Å². The summed E-state index contributed by atoms with van der Waals surface area (Å²) in [5, 5.41) is 11.8. The second kappa shape index (κ2) is 9.81. The normalized spacial score (nSPS) is 14.8. The van der Waals surface area contributed by atoms with Crippen molar-refractivity contribution in [3.63, 3.8) is 0 Å². The van der Waals surface area contributed by atoms with Crippen molar-refractivity contribution in [2.24, 2.45) is 0 Å². The molecule has 164 valence electrons. The second-order valence-corrected chi connectivity index (χ2v) is 9.47. The molecule has 1 fully saturated rings. The number of carbonyl (C=O) groups excluding carboxylic acids is 1. The smallest absolute Gasteiger partial charge is 0.243 e. The van der Waals surface area contributed by atoms with Crippen LogP contribution >= 0.6 is 0 Å². The van der Waals surface area contributed by atoms with Crippen LogP contribution in [0.15, 0.2) is 53.4 Å². The van der Waals surface area contributed by atoms with E-state index in [9.17, 15) is 13.2 Å². The molecule has 0 saturated carbocycles. The number of anilines is 1. The third-order valence-electron chi connectivity index (χ3n) is 5.36. The van der Waals surface area contributed by atoms with Gasteiger partial charge in [-0.3, -0.25) is 4.79 Å². The lowest BCUT2D eigenvalue weighted by atomic mass is 10.0. The van der Waals surface area contributed by atoms with Crippen LogP contribution in [0.2, 0.25) is 0 Å². The molecule has 3 rings (SSSR count). The molecule has 2 aromatic carbocycles. The zero-order valence-electron chi connectivity index (χ0n) is 17.6. The number of carbonyl (C=O) groups is 1. The Bertz CT molecular complexity index is 1040. The summed E-state index contributed by atoms with van der Waals surface area (Å²) in [5.74, 6) is 0.480. The topological polar surface area (TPSA) is 103 Å². The van der Waals surface area contributed by atoms with E-state index < -0.39 is 10.0 Å². The van der Waals surface area contributed by atoms with E-state index in [0.29, 0.717) is 5.56 Å².